The van der Waals surface area contributed by atoms with Crippen LogP contribution in [-0.4, -0.2) is 32.1 Å². The zero-order chi connectivity index (χ0) is 20.0. The summed E-state index contributed by atoms with van der Waals surface area (Å²) in [7, 11) is -2.12. The molecule has 8 nitrogen and oxygen atoms in total. The molecule has 0 bridgehead atoms. The van der Waals surface area contributed by atoms with E-state index >= 15 is 0 Å². The summed E-state index contributed by atoms with van der Waals surface area (Å²) in [6.07, 6.45) is 0.141. The van der Waals surface area contributed by atoms with E-state index in [2.05, 4.69) is 5.32 Å². The van der Waals surface area contributed by atoms with Gasteiger partial charge in [-0.15, -0.1) is 0 Å². The predicted octanol–water partition coefficient (Wildman–Crippen LogP) is 3.10. The van der Waals surface area contributed by atoms with Crippen LogP contribution in [0, 0.1) is 17.0 Å². The van der Waals surface area contributed by atoms with E-state index in [1.165, 1.54) is 25.3 Å². The van der Waals surface area contributed by atoms with Crippen LogP contribution in [0.2, 0.25) is 0 Å². The van der Waals surface area contributed by atoms with Crippen LogP contribution in [0.1, 0.15) is 18.4 Å². The normalized spacial score (nSPS) is 11.0. The molecule has 1 amide bonds. The lowest BCUT2D eigenvalue weighted by Crippen LogP contribution is -2.15. The molecule has 0 spiro atoms. The summed E-state index contributed by atoms with van der Waals surface area (Å²) in [4.78, 5) is 22.5. The van der Waals surface area contributed by atoms with Crippen molar-refractivity contribution >= 4 is 27.1 Å². The quantitative estimate of drug-likeness (QED) is 0.545. The molecule has 0 fully saturated rings. The number of benzene rings is 2. The summed E-state index contributed by atoms with van der Waals surface area (Å²) >= 11 is 0. The van der Waals surface area contributed by atoms with Gasteiger partial charge >= 0.3 is 0 Å². The summed E-state index contributed by atoms with van der Waals surface area (Å²) in [5.41, 5.74) is 1.09. The molecule has 0 aliphatic carbocycles. The van der Waals surface area contributed by atoms with Crippen LogP contribution in [-0.2, 0) is 14.6 Å². The Morgan fingerprint density at radius 1 is 1.19 bits per heavy atom. The highest BCUT2D eigenvalue weighted by Gasteiger charge is 2.16. The smallest absolute Gasteiger partial charge is 0.273 e. The number of rotatable bonds is 8. The molecule has 2 aromatic rings. The van der Waals surface area contributed by atoms with Gasteiger partial charge in [0.25, 0.3) is 5.69 Å². The molecule has 27 heavy (non-hydrogen) atoms. The van der Waals surface area contributed by atoms with Gasteiger partial charge in [-0.2, -0.15) is 0 Å². The molecule has 0 aromatic heterocycles. The van der Waals surface area contributed by atoms with Crippen molar-refractivity contribution in [3.8, 4) is 5.75 Å². The number of non-ortho nitro benzene ring substituents is 1. The van der Waals surface area contributed by atoms with E-state index in [0.29, 0.717) is 0 Å². The first kappa shape index (κ1) is 20.4. The highest BCUT2D eigenvalue weighted by atomic mass is 32.2. The highest BCUT2D eigenvalue weighted by Crippen LogP contribution is 2.29. The number of amides is 1. The number of carbonyl (C=O) groups excluding carboxylic acids is 1. The van der Waals surface area contributed by atoms with Crippen molar-refractivity contribution < 1.29 is 22.9 Å². The number of nitro groups is 1. The maximum Gasteiger partial charge on any atom is 0.273 e. The second kappa shape index (κ2) is 8.63. The molecule has 1 N–H and O–H groups in total. The minimum Gasteiger partial charge on any atom is -0.494 e. The van der Waals surface area contributed by atoms with Crippen LogP contribution in [0.5, 0.6) is 5.75 Å². The SMILES string of the molecule is COc1cc([N+](=O)[O-])ccc1NC(=O)CCCS(=O)(=O)c1ccc(C)cc1. The first-order valence-corrected chi connectivity index (χ1v) is 9.80. The molecule has 0 saturated carbocycles. The third-order valence-electron chi connectivity index (χ3n) is 3.87. The minimum atomic E-state index is -3.45. The third-order valence-corrected chi connectivity index (χ3v) is 5.68. The molecular formula is C18H20N2O6S. The summed E-state index contributed by atoms with van der Waals surface area (Å²) < 4.78 is 29.6. The fourth-order valence-electron chi connectivity index (χ4n) is 2.40. The number of sulfone groups is 1. The van der Waals surface area contributed by atoms with Gasteiger partial charge in [0.1, 0.15) is 5.75 Å². The lowest BCUT2D eigenvalue weighted by molar-refractivity contribution is -0.384. The fraction of sp³-hybridized carbons (Fsp3) is 0.278. The maximum atomic E-state index is 12.3. The Morgan fingerprint density at radius 2 is 1.85 bits per heavy atom. The van der Waals surface area contributed by atoms with Gasteiger partial charge in [-0.25, -0.2) is 8.42 Å². The van der Waals surface area contributed by atoms with Crippen LogP contribution in [0.25, 0.3) is 0 Å². The topological polar surface area (TPSA) is 116 Å². The van der Waals surface area contributed by atoms with E-state index in [-0.39, 0.29) is 40.6 Å². The van der Waals surface area contributed by atoms with Gasteiger partial charge < -0.3 is 10.1 Å². The van der Waals surface area contributed by atoms with Crippen molar-refractivity contribution in [3.63, 3.8) is 0 Å². The third kappa shape index (κ3) is 5.52. The summed E-state index contributed by atoms with van der Waals surface area (Å²) in [5, 5.41) is 13.4. The first-order valence-electron chi connectivity index (χ1n) is 8.14. The van der Waals surface area contributed by atoms with E-state index in [1.54, 1.807) is 24.3 Å². The highest BCUT2D eigenvalue weighted by molar-refractivity contribution is 7.91. The van der Waals surface area contributed by atoms with E-state index in [0.717, 1.165) is 5.56 Å². The van der Waals surface area contributed by atoms with Gasteiger partial charge in [-0.3, -0.25) is 14.9 Å². The Balaban J connectivity index is 1.95. The molecule has 0 saturated heterocycles. The minimum absolute atomic E-state index is 0.00870. The average Bonchev–Trinajstić information content (AvgIpc) is 2.62. The molecule has 0 aliphatic rings. The number of nitrogens with zero attached hydrogens (tertiary/aromatic N) is 1. The number of ether oxygens (including phenoxy) is 1. The second-order valence-corrected chi connectivity index (χ2v) is 8.03. The Labute approximate surface area is 157 Å². The van der Waals surface area contributed by atoms with Crippen molar-refractivity contribution in [3.05, 3.63) is 58.1 Å². The number of hydrogen-bond acceptors (Lipinski definition) is 6. The number of anilines is 1. The van der Waals surface area contributed by atoms with Crippen LogP contribution >= 0.6 is 0 Å². The summed E-state index contributed by atoms with van der Waals surface area (Å²) in [6.45, 7) is 1.87. The lowest BCUT2D eigenvalue weighted by Gasteiger charge is -2.10. The number of nitro benzene ring substituents is 1. The van der Waals surface area contributed by atoms with Crippen molar-refractivity contribution in [2.75, 3.05) is 18.2 Å². The fourth-order valence-corrected chi connectivity index (χ4v) is 3.71. The van der Waals surface area contributed by atoms with Gasteiger partial charge in [-0.1, -0.05) is 17.7 Å². The van der Waals surface area contributed by atoms with Crippen molar-refractivity contribution in [1.29, 1.82) is 0 Å². The Kier molecular flexibility index (Phi) is 6.51. The van der Waals surface area contributed by atoms with E-state index in [4.69, 9.17) is 4.74 Å². The van der Waals surface area contributed by atoms with Crippen molar-refractivity contribution in [2.24, 2.45) is 0 Å². The largest absolute Gasteiger partial charge is 0.494 e. The van der Waals surface area contributed by atoms with Gasteiger partial charge in [0.2, 0.25) is 5.91 Å². The number of carbonyl (C=O) groups is 1. The van der Waals surface area contributed by atoms with E-state index in [9.17, 15) is 23.3 Å². The zero-order valence-corrected chi connectivity index (χ0v) is 15.8. The molecule has 144 valence electrons. The van der Waals surface area contributed by atoms with Crippen molar-refractivity contribution in [1.82, 2.24) is 0 Å². The molecular weight excluding hydrogens is 372 g/mol. The summed E-state index contributed by atoms with van der Waals surface area (Å²) in [6, 6.07) is 10.4. The monoisotopic (exact) mass is 392 g/mol. The molecule has 2 rings (SSSR count). The van der Waals surface area contributed by atoms with Crippen LogP contribution in [0.3, 0.4) is 0 Å². The Hall–Kier alpha value is -2.94. The number of aryl methyl sites for hydroxylation is 1. The molecule has 0 heterocycles. The van der Waals surface area contributed by atoms with Crippen molar-refractivity contribution in [2.45, 2.75) is 24.7 Å². The van der Waals surface area contributed by atoms with Gasteiger partial charge in [-0.05, 0) is 31.5 Å². The molecule has 9 heteroatoms. The lowest BCUT2D eigenvalue weighted by atomic mass is 10.2. The summed E-state index contributed by atoms with van der Waals surface area (Å²) in [5.74, 6) is -0.396. The van der Waals surface area contributed by atoms with Gasteiger partial charge in [0.05, 0.1) is 34.4 Å². The van der Waals surface area contributed by atoms with Crippen LogP contribution in [0.4, 0.5) is 11.4 Å². The maximum absolute atomic E-state index is 12.3. The Morgan fingerprint density at radius 3 is 2.44 bits per heavy atom. The molecule has 0 atom stereocenters. The number of hydrogen-bond donors (Lipinski definition) is 1. The van der Waals surface area contributed by atoms with E-state index in [1.807, 2.05) is 6.92 Å². The molecule has 0 unspecified atom stereocenters. The van der Waals surface area contributed by atoms with Gasteiger partial charge in [0.15, 0.2) is 9.84 Å². The second-order valence-electron chi connectivity index (χ2n) is 5.93. The van der Waals surface area contributed by atoms with Crippen LogP contribution < -0.4 is 10.1 Å². The Bertz CT molecular complexity index is 939. The molecule has 0 aliphatic heterocycles. The van der Waals surface area contributed by atoms with Gasteiger partial charge in [0, 0.05) is 12.5 Å². The predicted molar refractivity (Wildman–Crippen MR) is 101 cm³/mol. The molecule has 0 radical (unpaired) electrons. The standard InChI is InChI=1S/C18H20N2O6S/c1-13-5-8-15(9-6-13)27(24,25)11-3-4-18(21)19-16-10-7-14(20(22)23)12-17(16)26-2/h5-10,12H,3-4,11H2,1-2H3,(H,19,21). The average molecular weight is 392 g/mol. The van der Waals surface area contributed by atoms with E-state index < -0.39 is 20.7 Å². The molecule has 2 aromatic carbocycles. The number of nitrogens with one attached hydrogen (secondary N) is 1. The van der Waals surface area contributed by atoms with Crippen LogP contribution in [0.15, 0.2) is 47.4 Å². The zero-order valence-electron chi connectivity index (χ0n) is 15.0. The first-order chi connectivity index (χ1) is 12.7. The number of methoxy groups -OCH3 is 1.